The molecule has 0 aromatic carbocycles. The van der Waals surface area contributed by atoms with Crippen molar-refractivity contribution in [2.24, 2.45) is 17.8 Å². The Morgan fingerprint density at radius 2 is 2.08 bits per heavy atom. The van der Waals surface area contributed by atoms with Crippen LogP contribution in [0.3, 0.4) is 0 Å². The molecule has 0 heterocycles. The summed E-state index contributed by atoms with van der Waals surface area (Å²) in [5, 5.41) is 0. The van der Waals surface area contributed by atoms with Gasteiger partial charge in [0.2, 0.25) is 0 Å². The smallest absolute Gasteiger partial charge is 0.135 e. The first-order valence-corrected chi connectivity index (χ1v) is 5.69. The molecule has 1 fully saturated rings. The number of hydrogen-bond acceptors (Lipinski definition) is 1. The van der Waals surface area contributed by atoms with Crippen molar-refractivity contribution in [2.45, 2.75) is 52.9 Å². The van der Waals surface area contributed by atoms with Crippen molar-refractivity contribution in [3.8, 4) is 0 Å². The molecule has 0 amide bonds. The minimum absolute atomic E-state index is 0.315. The lowest BCUT2D eigenvalue weighted by Gasteiger charge is -2.33. The average molecular weight is 182 g/mol. The Morgan fingerprint density at radius 1 is 1.38 bits per heavy atom. The summed E-state index contributed by atoms with van der Waals surface area (Å²) in [5.41, 5.74) is 0. The molecule has 0 bridgehead atoms. The summed E-state index contributed by atoms with van der Waals surface area (Å²) < 4.78 is 0. The van der Waals surface area contributed by atoms with Crippen molar-refractivity contribution in [3.63, 3.8) is 0 Å². The van der Waals surface area contributed by atoms with Gasteiger partial charge in [0.05, 0.1) is 0 Å². The number of carbonyl (C=O) groups is 1. The predicted octanol–water partition coefficient (Wildman–Crippen LogP) is 3.43. The lowest BCUT2D eigenvalue weighted by molar-refractivity contribution is -0.127. The van der Waals surface area contributed by atoms with Gasteiger partial charge in [-0.15, -0.1) is 0 Å². The quantitative estimate of drug-likeness (QED) is 0.653. The highest BCUT2D eigenvalue weighted by atomic mass is 16.1. The summed E-state index contributed by atoms with van der Waals surface area (Å²) in [6, 6.07) is 0. The zero-order valence-corrected chi connectivity index (χ0v) is 9.18. The number of unbranched alkanes of at least 4 members (excludes halogenated alkanes) is 1. The normalized spacial score (nSPS) is 35.0. The average Bonchev–Trinajstić information content (AvgIpc) is 2.13. The van der Waals surface area contributed by atoms with Gasteiger partial charge in [-0.25, -0.2) is 0 Å². The third kappa shape index (κ3) is 2.55. The van der Waals surface area contributed by atoms with Gasteiger partial charge in [0, 0.05) is 12.3 Å². The third-order valence-corrected chi connectivity index (χ3v) is 3.73. The number of carbonyl (C=O) groups excluding carboxylic acids is 1. The van der Waals surface area contributed by atoms with Crippen molar-refractivity contribution >= 4 is 5.78 Å². The molecule has 0 aromatic heterocycles. The maximum absolute atomic E-state index is 11.4. The molecular weight excluding hydrogens is 160 g/mol. The Morgan fingerprint density at radius 3 is 2.69 bits per heavy atom. The molecular formula is C12H22O. The summed E-state index contributed by atoms with van der Waals surface area (Å²) in [5.74, 6) is 2.23. The number of Topliss-reactive ketones (excluding diaryl/α,β-unsaturated/α-hetero) is 1. The fraction of sp³-hybridized carbons (Fsp3) is 0.917. The molecule has 0 spiro atoms. The van der Waals surface area contributed by atoms with E-state index in [1.807, 2.05) is 0 Å². The van der Waals surface area contributed by atoms with E-state index in [0.717, 1.165) is 18.8 Å². The topological polar surface area (TPSA) is 17.1 Å². The molecule has 0 N–H and O–H groups in total. The summed E-state index contributed by atoms with van der Waals surface area (Å²) in [6.07, 6.45) is 5.92. The molecule has 1 saturated carbocycles. The van der Waals surface area contributed by atoms with Crippen LogP contribution in [0.15, 0.2) is 0 Å². The van der Waals surface area contributed by atoms with Crippen LogP contribution in [0, 0.1) is 17.8 Å². The monoisotopic (exact) mass is 182 g/mol. The van der Waals surface area contributed by atoms with Crippen LogP contribution in [0.4, 0.5) is 0 Å². The van der Waals surface area contributed by atoms with E-state index >= 15 is 0 Å². The molecule has 1 aliphatic carbocycles. The first-order valence-electron chi connectivity index (χ1n) is 5.69. The van der Waals surface area contributed by atoms with Gasteiger partial charge in [0.25, 0.3) is 0 Å². The second kappa shape index (κ2) is 4.78. The SMILES string of the molecule is CCCCC1CCC(=O)C(C)C1C. The van der Waals surface area contributed by atoms with Gasteiger partial charge in [0.1, 0.15) is 5.78 Å². The standard InChI is InChI=1S/C12H22O/c1-4-5-6-11-7-8-12(13)10(3)9(11)2/h9-11H,4-8H2,1-3H3. The molecule has 1 heteroatoms. The lowest BCUT2D eigenvalue weighted by atomic mass is 9.71. The fourth-order valence-electron chi connectivity index (χ4n) is 2.39. The van der Waals surface area contributed by atoms with Crippen LogP contribution < -0.4 is 0 Å². The number of ketones is 1. The van der Waals surface area contributed by atoms with E-state index in [2.05, 4.69) is 20.8 Å². The second-order valence-electron chi connectivity index (χ2n) is 4.56. The van der Waals surface area contributed by atoms with Crippen LogP contribution >= 0.6 is 0 Å². The van der Waals surface area contributed by atoms with E-state index in [1.165, 1.54) is 19.3 Å². The van der Waals surface area contributed by atoms with Gasteiger partial charge in [0.15, 0.2) is 0 Å². The minimum atomic E-state index is 0.315. The Labute approximate surface area is 81.9 Å². The van der Waals surface area contributed by atoms with E-state index in [9.17, 15) is 4.79 Å². The van der Waals surface area contributed by atoms with Crippen LogP contribution in [0.1, 0.15) is 52.9 Å². The van der Waals surface area contributed by atoms with Crippen molar-refractivity contribution in [1.82, 2.24) is 0 Å². The Kier molecular flexibility index (Phi) is 3.95. The van der Waals surface area contributed by atoms with Crippen LogP contribution in [0.2, 0.25) is 0 Å². The molecule has 0 aliphatic heterocycles. The van der Waals surface area contributed by atoms with Gasteiger partial charge in [-0.2, -0.15) is 0 Å². The van der Waals surface area contributed by atoms with E-state index in [1.54, 1.807) is 0 Å². The molecule has 3 atom stereocenters. The largest absolute Gasteiger partial charge is 0.299 e. The molecule has 13 heavy (non-hydrogen) atoms. The summed E-state index contributed by atoms with van der Waals surface area (Å²) in [7, 11) is 0. The van der Waals surface area contributed by atoms with E-state index in [0.29, 0.717) is 17.6 Å². The highest BCUT2D eigenvalue weighted by Crippen LogP contribution is 2.35. The second-order valence-corrected chi connectivity index (χ2v) is 4.56. The van der Waals surface area contributed by atoms with Crippen LogP contribution in [-0.4, -0.2) is 5.78 Å². The summed E-state index contributed by atoms with van der Waals surface area (Å²) in [6.45, 7) is 6.59. The Balaban J connectivity index is 2.44. The third-order valence-electron chi connectivity index (χ3n) is 3.73. The van der Waals surface area contributed by atoms with E-state index in [-0.39, 0.29) is 0 Å². The predicted molar refractivity (Wildman–Crippen MR) is 55.6 cm³/mol. The first-order chi connectivity index (χ1) is 6.16. The fourth-order valence-corrected chi connectivity index (χ4v) is 2.39. The highest BCUT2D eigenvalue weighted by Gasteiger charge is 2.31. The molecule has 1 aliphatic rings. The molecule has 0 aromatic rings. The van der Waals surface area contributed by atoms with Gasteiger partial charge in [-0.3, -0.25) is 4.79 Å². The Bertz CT molecular complexity index is 174. The first kappa shape index (κ1) is 10.7. The molecule has 3 unspecified atom stereocenters. The van der Waals surface area contributed by atoms with E-state index < -0.39 is 0 Å². The van der Waals surface area contributed by atoms with Crippen molar-refractivity contribution in [2.75, 3.05) is 0 Å². The van der Waals surface area contributed by atoms with Crippen molar-refractivity contribution in [1.29, 1.82) is 0 Å². The zero-order valence-electron chi connectivity index (χ0n) is 9.18. The maximum atomic E-state index is 11.4. The zero-order chi connectivity index (χ0) is 9.84. The molecule has 0 radical (unpaired) electrons. The molecule has 1 nitrogen and oxygen atoms in total. The molecule has 76 valence electrons. The van der Waals surface area contributed by atoms with Gasteiger partial charge in [-0.05, 0) is 18.3 Å². The van der Waals surface area contributed by atoms with Gasteiger partial charge in [-0.1, -0.05) is 40.0 Å². The van der Waals surface area contributed by atoms with Gasteiger partial charge >= 0.3 is 0 Å². The van der Waals surface area contributed by atoms with Crippen molar-refractivity contribution in [3.05, 3.63) is 0 Å². The van der Waals surface area contributed by atoms with E-state index in [4.69, 9.17) is 0 Å². The van der Waals surface area contributed by atoms with Crippen LogP contribution in [-0.2, 0) is 4.79 Å². The highest BCUT2D eigenvalue weighted by molar-refractivity contribution is 5.81. The Hall–Kier alpha value is -0.330. The lowest BCUT2D eigenvalue weighted by Crippen LogP contribution is -2.31. The number of rotatable bonds is 3. The minimum Gasteiger partial charge on any atom is -0.299 e. The van der Waals surface area contributed by atoms with Crippen LogP contribution in [0.25, 0.3) is 0 Å². The van der Waals surface area contributed by atoms with Crippen molar-refractivity contribution < 1.29 is 4.79 Å². The summed E-state index contributed by atoms with van der Waals surface area (Å²) >= 11 is 0. The summed E-state index contributed by atoms with van der Waals surface area (Å²) in [4.78, 5) is 11.4. The number of hydrogen-bond donors (Lipinski definition) is 0. The molecule has 0 saturated heterocycles. The maximum Gasteiger partial charge on any atom is 0.135 e. The van der Waals surface area contributed by atoms with Crippen LogP contribution in [0.5, 0.6) is 0 Å². The molecule has 1 rings (SSSR count). The van der Waals surface area contributed by atoms with Gasteiger partial charge < -0.3 is 0 Å².